The van der Waals surface area contributed by atoms with Gasteiger partial charge in [0.25, 0.3) is 0 Å². The van der Waals surface area contributed by atoms with Crippen LogP contribution < -0.4 is 14.8 Å². The topological polar surface area (TPSA) is 102 Å². The monoisotopic (exact) mass is 428 g/mol. The van der Waals surface area contributed by atoms with Crippen molar-refractivity contribution in [1.29, 1.82) is 0 Å². The summed E-state index contributed by atoms with van der Waals surface area (Å²) in [6.45, 7) is 1.75. The third-order valence-corrected chi connectivity index (χ3v) is 6.05. The molecule has 0 aliphatic rings. The fraction of sp³-hybridized carbons (Fsp3) is 0.238. The van der Waals surface area contributed by atoms with Gasteiger partial charge in [0, 0.05) is 31.5 Å². The van der Waals surface area contributed by atoms with Gasteiger partial charge in [0.05, 0.1) is 12.0 Å². The number of imidazole rings is 1. The number of methoxy groups -OCH3 is 1. The Morgan fingerprint density at radius 3 is 2.33 bits per heavy atom. The first-order valence-corrected chi connectivity index (χ1v) is 10.9. The van der Waals surface area contributed by atoms with Crippen LogP contribution in [0.2, 0.25) is 0 Å². The molecule has 2 N–H and O–H groups in total. The number of ether oxygens (including phenoxy) is 1. The molecular formula is C21H24N4O4S. The van der Waals surface area contributed by atoms with Crippen LogP contribution in [0.1, 0.15) is 30.8 Å². The Kier molecular flexibility index (Phi) is 6.53. The van der Waals surface area contributed by atoms with Crippen molar-refractivity contribution >= 4 is 21.6 Å². The number of rotatable bonds is 8. The second kappa shape index (κ2) is 9.10. The lowest BCUT2D eigenvalue weighted by Gasteiger charge is -2.19. The predicted octanol–water partition coefficient (Wildman–Crippen LogP) is 2.85. The maximum Gasteiger partial charge on any atom is 0.241 e. The Morgan fingerprint density at radius 2 is 1.80 bits per heavy atom. The Balaban J connectivity index is 1.91. The maximum atomic E-state index is 13.1. The molecule has 0 aliphatic heterocycles. The number of amides is 1. The molecule has 0 radical (unpaired) electrons. The van der Waals surface area contributed by atoms with Gasteiger partial charge in [0.2, 0.25) is 15.9 Å². The first kappa shape index (κ1) is 21.5. The highest BCUT2D eigenvalue weighted by Gasteiger charge is 2.26. The number of anilines is 1. The maximum absolute atomic E-state index is 13.1. The number of aromatic nitrogens is 2. The summed E-state index contributed by atoms with van der Waals surface area (Å²) < 4.78 is 35.8. The van der Waals surface area contributed by atoms with Gasteiger partial charge in [0.15, 0.2) is 0 Å². The summed E-state index contributed by atoms with van der Waals surface area (Å²) in [4.78, 5) is 15.9. The number of aryl methyl sites for hydroxylation is 1. The minimum Gasteiger partial charge on any atom is -0.497 e. The lowest BCUT2D eigenvalue weighted by molar-refractivity contribution is -0.115. The van der Waals surface area contributed by atoms with E-state index in [9.17, 15) is 13.2 Å². The van der Waals surface area contributed by atoms with Crippen molar-refractivity contribution in [1.82, 2.24) is 14.3 Å². The molecule has 2 aromatic carbocycles. The van der Waals surface area contributed by atoms with Gasteiger partial charge in [-0.1, -0.05) is 19.1 Å². The molecule has 9 heteroatoms. The van der Waals surface area contributed by atoms with E-state index in [2.05, 4.69) is 15.0 Å². The summed E-state index contributed by atoms with van der Waals surface area (Å²) in [6, 6.07) is 12.5. The lowest BCUT2D eigenvalue weighted by Crippen LogP contribution is -2.31. The van der Waals surface area contributed by atoms with Gasteiger partial charge in [0.1, 0.15) is 17.6 Å². The average Bonchev–Trinajstić information content (AvgIpc) is 3.18. The van der Waals surface area contributed by atoms with Crippen molar-refractivity contribution in [2.45, 2.75) is 24.3 Å². The Morgan fingerprint density at radius 1 is 1.13 bits per heavy atom. The van der Waals surface area contributed by atoms with Gasteiger partial charge in [-0.2, -0.15) is 4.72 Å². The number of carbonyl (C=O) groups is 1. The molecule has 0 bridgehead atoms. The number of benzene rings is 2. The molecule has 30 heavy (non-hydrogen) atoms. The minimum absolute atomic E-state index is 0.0877. The van der Waals surface area contributed by atoms with Crippen LogP contribution in [0, 0.1) is 0 Å². The van der Waals surface area contributed by atoms with Crippen molar-refractivity contribution < 1.29 is 17.9 Å². The summed E-state index contributed by atoms with van der Waals surface area (Å²) in [5.41, 5.74) is 1.26. The highest BCUT2D eigenvalue weighted by molar-refractivity contribution is 7.89. The van der Waals surface area contributed by atoms with E-state index >= 15 is 0 Å². The lowest BCUT2D eigenvalue weighted by atomic mass is 10.1. The van der Waals surface area contributed by atoms with Gasteiger partial charge < -0.3 is 14.6 Å². The molecule has 1 amide bonds. The van der Waals surface area contributed by atoms with E-state index in [4.69, 9.17) is 4.74 Å². The number of carbonyl (C=O) groups excluding carboxylic acids is 1. The summed E-state index contributed by atoms with van der Waals surface area (Å²) >= 11 is 0. The van der Waals surface area contributed by atoms with E-state index in [0.717, 1.165) is 5.56 Å². The molecule has 3 aromatic rings. The standard InChI is InChI=1S/C21H24N4O4S/c1-4-19(26)23-16-7-11-18(12-8-16)30(27,28)24-20(21-22-13-14-25(21)2)15-5-9-17(29-3)10-6-15/h5-14,20,24H,4H2,1-3H3,(H,23,26). The summed E-state index contributed by atoms with van der Waals surface area (Å²) in [7, 11) is -0.490. The molecule has 0 aliphatic carbocycles. The molecular weight excluding hydrogens is 404 g/mol. The second-order valence-electron chi connectivity index (χ2n) is 6.65. The van der Waals surface area contributed by atoms with Gasteiger partial charge in [-0.25, -0.2) is 13.4 Å². The van der Waals surface area contributed by atoms with Crippen molar-refractivity contribution in [3.63, 3.8) is 0 Å². The molecule has 1 unspecified atom stereocenters. The quantitative estimate of drug-likeness (QED) is 0.574. The molecule has 0 fully saturated rings. The number of hydrogen-bond acceptors (Lipinski definition) is 5. The Bertz CT molecular complexity index is 1110. The van der Waals surface area contributed by atoms with Crippen LogP contribution in [-0.2, 0) is 21.9 Å². The van der Waals surface area contributed by atoms with E-state index in [1.807, 2.05) is 0 Å². The minimum atomic E-state index is -3.86. The molecule has 0 saturated carbocycles. The predicted molar refractivity (Wildman–Crippen MR) is 114 cm³/mol. The molecule has 3 rings (SSSR count). The average molecular weight is 429 g/mol. The van der Waals surface area contributed by atoms with Crippen molar-refractivity contribution in [2.24, 2.45) is 7.05 Å². The van der Waals surface area contributed by atoms with Crippen molar-refractivity contribution in [3.05, 3.63) is 72.3 Å². The second-order valence-corrected chi connectivity index (χ2v) is 8.36. The number of hydrogen-bond donors (Lipinski definition) is 2. The highest BCUT2D eigenvalue weighted by atomic mass is 32.2. The van der Waals surface area contributed by atoms with Gasteiger partial charge >= 0.3 is 0 Å². The summed E-state index contributed by atoms with van der Waals surface area (Å²) in [6.07, 6.45) is 3.71. The zero-order chi connectivity index (χ0) is 21.7. The molecule has 158 valence electrons. The zero-order valence-corrected chi connectivity index (χ0v) is 17.8. The summed E-state index contributed by atoms with van der Waals surface area (Å²) in [5, 5.41) is 2.70. The molecule has 0 spiro atoms. The Hall–Kier alpha value is -3.17. The smallest absolute Gasteiger partial charge is 0.241 e. The van der Waals surface area contributed by atoms with Crippen LogP contribution in [0.15, 0.2) is 65.8 Å². The molecule has 0 saturated heterocycles. The van der Waals surface area contributed by atoms with Crippen LogP contribution in [-0.4, -0.2) is 31.0 Å². The molecule has 1 heterocycles. The van der Waals surface area contributed by atoms with Crippen molar-refractivity contribution in [3.8, 4) is 5.75 Å². The first-order chi connectivity index (χ1) is 14.3. The number of nitrogens with zero attached hydrogens (tertiary/aromatic N) is 2. The molecule has 8 nitrogen and oxygen atoms in total. The normalized spacial score (nSPS) is 12.4. The van der Waals surface area contributed by atoms with E-state index in [1.54, 1.807) is 74.4 Å². The van der Waals surface area contributed by atoms with Crippen LogP contribution in [0.3, 0.4) is 0 Å². The van der Waals surface area contributed by atoms with E-state index in [-0.39, 0.29) is 10.8 Å². The van der Waals surface area contributed by atoms with Crippen molar-refractivity contribution in [2.75, 3.05) is 12.4 Å². The van der Waals surface area contributed by atoms with E-state index < -0.39 is 16.1 Å². The number of sulfonamides is 1. The largest absolute Gasteiger partial charge is 0.497 e. The Labute approximate surface area is 176 Å². The molecule has 1 atom stereocenters. The zero-order valence-electron chi connectivity index (χ0n) is 17.0. The fourth-order valence-electron chi connectivity index (χ4n) is 2.91. The SMILES string of the molecule is CCC(=O)Nc1ccc(S(=O)(=O)NC(c2ccc(OC)cc2)c2nccn2C)cc1. The van der Waals surface area contributed by atoms with Crippen LogP contribution >= 0.6 is 0 Å². The van der Waals surface area contributed by atoms with E-state index in [0.29, 0.717) is 23.7 Å². The van der Waals surface area contributed by atoms with Crippen LogP contribution in [0.25, 0.3) is 0 Å². The molecule has 1 aromatic heterocycles. The van der Waals surface area contributed by atoms with Gasteiger partial charge in [-0.3, -0.25) is 4.79 Å². The van der Waals surface area contributed by atoms with E-state index in [1.165, 1.54) is 12.1 Å². The van der Waals surface area contributed by atoms with Gasteiger partial charge in [-0.05, 0) is 42.0 Å². The van der Waals surface area contributed by atoms with Crippen LogP contribution in [0.5, 0.6) is 5.75 Å². The summed E-state index contributed by atoms with van der Waals surface area (Å²) in [5.74, 6) is 1.08. The number of nitrogens with one attached hydrogen (secondary N) is 2. The first-order valence-electron chi connectivity index (χ1n) is 9.37. The highest BCUT2D eigenvalue weighted by Crippen LogP contribution is 2.25. The third kappa shape index (κ3) is 4.87. The van der Waals surface area contributed by atoms with Gasteiger partial charge in [-0.15, -0.1) is 0 Å². The third-order valence-electron chi connectivity index (χ3n) is 4.61. The van der Waals surface area contributed by atoms with Crippen LogP contribution in [0.4, 0.5) is 5.69 Å². The fourth-order valence-corrected chi connectivity index (χ4v) is 4.09.